The van der Waals surface area contributed by atoms with Crippen molar-refractivity contribution in [1.29, 1.82) is 0 Å². The summed E-state index contributed by atoms with van der Waals surface area (Å²) >= 11 is 0. The molecule has 6 aliphatic rings. The summed E-state index contributed by atoms with van der Waals surface area (Å²) in [4.78, 5) is 0. The van der Waals surface area contributed by atoms with E-state index in [0.717, 1.165) is 32.1 Å². The SMILES string of the molecule is CC(C)=CC/C=C(/C)[C@H]1CC[C@]2(C)[C@@H]1[C@H](O)C[C@@H]1[C@@]3(C)C[C@@H](O)[C@H](O[C@@H]4O[C@H](CO)[C@@H](O)[C@H](O)[C@H]4O[C@@H]4O[C@H](CO)[C@@H](O)[C@H](O)[C@H]4O)C(C)(C)[C@@H]3CC[C@]12C. The third kappa shape index (κ3) is 7.12. The first-order valence-corrected chi connectivity index (χ1v) is 20.6. The van der Waals surface area contributed by atoms with Crippen LogP contribution in [-0.4, -0.2) is 139 Å². The molecule has 6 fully saturated rings. The number of rotatable bonds is 9. The van der Waals surface area contributed by atoms with Crippen molar-refractivity contribution >= 4 is 0 Å². The van der Waals surface area contributed by atoms with E-state index >= 15 is 0 Å². The molecular weight excluding hydrogens is 712 g/mol. The summed E-state index contributed by atoms with van der Waals surface area (Å²) in [5, 5.41) is 97.6. The zero-order valence-electron chi connectivity index (χ0n) is 34.0. The van der Waals surface area contributed by atoms with E-state index in [4.69, 9.17) is 18.9 Å². The largest absolute Gasteiger partial charge is 0.394 e. The summed E-state index contributed by atoms with van der Waals surface area (Å²) in [6, 6.07) is 0. The normalized spacial score (nSPS) is 52.5. The quantitative estimate of drug-likeness (QED) is 0.121. The van der Waals surface area contributed by atoms with Gasteiger partial charge in [0, 0.05) is 0 Å². The Labute approximate surface area is 326 Å². The smallest absolute Gasteiger partial charge is 0.187 e. The molecule has 9 N–H and O–H groups in total. The minimum absolute atomic E-state index is 0.0549. The maximum absolute atomic E-state index is 12.2. The van der Waals surface area contributed by atoms with E-state index < -0.39 is 98.4 Å². The van der Waals surface area contributed by atoms with E-state index in [-0.39, 0.29) is 34.0 Å². The molecule has 0 spiro atoms. The first-order valence-electron chi connectivity index (χ1n) is 20.6. The van der Waals surface area contributed by atoms with Gasteiger partial charge in [0.1, 0.15) is 48.8 Å². The first-order chi connectivity index (χ1) is 25.7. The second kappa shape index (κ2) is 15.9. The van der Waals surface area contributed by atoms with Crippen LogP contribution in [0.3, 0.4) is 0 Å². The molecule has 0 aromatic rings. The van der Waals surface area contributed by atoms with Crippen LogP contribution >= 0.6 is 0 Å². The van der Waals surface area contributed by atoms with Crippen molar-refractivity contribution in [2.45, 2.75) is 180 Å². The van der Waals surface area contributed by atoms with E-state index in [1.807, 2.05) is 0 Å². The average Bonchev–Trinajstić information content (AvgIpc) is 3.49. The van der Waals surface area contributed by atoms with E-state index in [1.165, 1.54) is 11.1 Å². The second-order valence-electron chi connectivity index (χ2n) is 19.6. The Morgan fingerprint density at radius 2 is 1.27 bits per heavy atom. The van der Waals surface area contributed by atoms with Crippen LogP contribution in [0.5, 0.6) is 0 Å². The molecule has 13 nitrogen and oxygen atoms in total. The molecule has 0 unspecified atom stereocenters. The van der Waals surface area contributed by atoms with E-state index in [2.05, 4.69) is 67.5 Å². The highest BCUT2D eigenvalue weighted by Gasteiger charge is 2.71. The fourth-order valence-corrected chi connectivity index (χ4v) is 13.1. The molecule has 2 heterocycles. The lowest BCUT2D eigenvalue weighted by Gasteiger charge is -2.71. The zero-order chi connectivity index (χ0) is 40.6. The molecule has 4 aliphatic carbocycles. The van der Waals surface area contributed by atoms with Crippen LogP contribution in [0.2, 0.25) is 0 Å². The number of aliphatic hydroxyl groups is 9. The number of hydrogen-bond acceptors (Lipinski definition) is 13. The minimum Gasteiger partial charge on any atom is -0.394 e. The summed E-state index contributed by atoms with van der Waals surface area (Å²) in [5.74, 6) is 0.659. The van der Waals surface area contributed by atoms with E-state index in [9.17, 15) is 46.0 Å². The van der Waals surface area contributed by atoms with Crippen molar-refractivity contribution in [2.75, 3.05) is 13.2 Å². The molecule has 2 saturated heterocycles. The predicted octanol–water partition coefficient (Wildman–Crippen LogP) is 1.93. The van der Waals surface area contributed by atoms with E-state index in [0.29, 0.717) is 18.8 Å². The van der Waals surface area contributed by atoms with Gasteiger partial charge in [-0.3, -0.25) is 0 Å². The molecule has 2 aliphatic heterocycles. The number of hydrogen-bond donors (Lipinski definition) is 9. The van der Waals surface area contributed by atoms with Crippen LogP contribution in [0.15, 0.2) is 23.3 Å². The van der Waals surface area contributed by atoms with Gasteiger partial charge in [-0.25, -0.2) is 0 Å². The van der Waals surface area contributed by atoms with Crippen molar-refractivity contribution < 1.29 is 64.9 Å². The molecule has 6 rings (SSSR count). The third-order valence-corrected chi connectivity index (χ3v) is 16.1. The van der Waals surface area contributed by atoms with Gasteiger partial charge < -0.3 is 64.9 Å². The molecule has 0 bridgehead atoms. The Morgan fingerprint density at radius 3 is 1.89 bits per heavy atom. The van der Waals surface area contributed by atoms with Crippen LogP contribution in [-0.2, 0) is 18.9 Å². The summed E-state index contributed by atoms with van der Waals surface area (Å²) in [6.45, 7) is 16.3. The molecule has 0 amide bonds. The van der Waals surface area contributed by atoms with Crippen molar-refractivity contribution in [3.8, 4) is 0 Å². The molecule has 20 atom stereocenters. The van der Waals surface area contributed by atoms with Crippen LogP contribution < -0.4 is 0 Å². The Balaban J connectivity index is 1.26. The zero-order valence-corrected chi connectivity index (χ0v) is 34.0. The fourth-order valence-electron chi connectivity index (χ4n) is 13.1. The lowest BCUT2D eigenvalue weighted by Crippen LogP contribution is -2.69. The summed E-state index contributed by atoms with van der Waals surface area (Å²) < 4.78 is 24.1. The van der Waals surface area contributed by atoms with Gasteiger partial charge in [-0.1, -0.05) is 57.9 Å². The lowest BCUT2D eigenvalue weighted by atomic mass is 9.35. The van der Waals surface area contributed by atoms with Crippen molar-refractivity contribution in [2.24, 2.45) is 45.3 Å². The minimum atomic E-state index is -1.79. The third-order valence-electron chi connectivity index (χ3n) is 16.1. The van der Waals surface area contributed by atoms with Crippen LogP contribution in [0.4, 0.5) is 0 Å². The second-order valence-corrected chi connectivity index (χ2v) is 19.6. The van der Waals surface area contributed by atoms with Gasteiger partial charge in [-0.2, -0.15) is 0 Å². The van der Waals surface area contributed by atoms with Gasteiger partial charge in [0.05, 0.1) is 31.5 Å². The highest BCUT2D eigenvalue weighted by Crippen LogP contribution is 2.75. The monoisotopic (exact) mass is 782 g/mol. The Morgan fingerprint density at radius 1 is 0.673 bits per heavy atom. The highest BCUT2D eigenvalue weighted by atomic mass is 16.8. The number of fused-ring (bicyclic) bond motifs is 5. The van der Waals surface area contributed by atoms with Gasteiger partial charge in [0.25, 0.3) is 0 Å². The summed E-state index contributed by atoms with van der Waals surface area (Å²) in [5.41, 5.74) is 1.45. The Kier molecular flexibility index (Phi) is 12.6. The molecule has 0 aromatic carbocycles. The number of ether oxygens (including phenoxy) is 4. The Hall–Kier alpha value is -1.04. The maximum Gasteiger partial charge on any atom is 0.187 e. The van der Waals surface area contributed by atoms with Crippen molar-refractivity contribution in [1.82, 2.24) is 0 Å². The number of allylic oxidation sites excluding steroid dienone is 4. The topological polar surface area (TPSA) is 219 Å². The van der Waals surface area contributed by atoms with Crippen LogP contribution in [0, 0.1) is 45.3 Å². The van der Waals surface area contributed by atoms with E-state index in [1.54, 1.807) is 0 Å². The van der Waals surface area contributed by atoms with Gasteiger partial charge in [-0.15, -0.1) is 0 Å². The Bertz CT molecular complexity index is 1420. The lowest BCUT2D eigenvalue weighted by molar-refractivity contribution is -0.383. The van der Waals surface area contributed by atoms with Gasteiger partial charge in [0.2, 0.25) is 0 Å². The molecule has 0 aromatic heterocycles. The maximum atomic E-state index is 12.2. The molecule has 13 heteroatoms. The molecule has 316 valence electrons. The van der Waals surface area contributed by atoms with Gasteiger partial charge >= 0.3 is 0 Å². The summed E-state index contributed by atoms with van der Waals surface area (Å²) in [7, 11) is 0. The highest BCUT2D eigenvalue weighted by molar-refractivity contribution is 5.23. The van der Waals surface area contributed by atoms with Crippen LogP contribution in [0.25, 0.3) is 0 Å². The van der Waals surface area contributed by atoms with Crippen molar-refractivity contribution in [3.05, 3.63) is 23.3 Å². The molecule has 4 saturated carbocycles. The van der Waals surface area contributed by atoms with Gasteiger partial charge in [0.15, 0.2) is 12.6 Å². The average molecular weight is 783 g/mol. The molecular formula is C42H70O13. The fraction of sp³-hybridized carbons (Fsp3) is 0.905. The summed E-state index contributed by atoms with van der Waals surface area (Å²) in [6.07, 6.45) is -7.67. The standard InChI is InChI=1S/C42H70O13/c1-20(2)10-9-11-21(3)22-12-14-42(8)29(22)23(45)16-28-40(6)17-24(46)36(39(4,5)27(40)13-15-41(28,42)7)55-38-35(33(50)31(48)26(19-44)53-38)54-37-34(51)32(49)30(47)25(18-43)52-37/h10-11,22-38,43-51H,9,12-19H2,1-8H3/b21-11-/t22-,23-,24-,25-,26-,27+,28-,29+,30-,31-,32+,33+,34-,35-,36+,37+,38+,40+,41-,42-/m1/s1. The first kappa shape index (κ1) is 43.5. The molecule has 0 radical (unpaired) electrons. The number of aliphatic hydroxyl groups excluding tert-OH is 9. The van der Waals surface area contributed by atoms with Crippen molar-refractivity contribution in [3.63, 3.8) is 0 Å². The van der Waals surface area contributed by atoms with Crippen LogP contribution in [0.1, 0.15) is 100 Å². The molecule has 55 heavy (non-hydrogen) atoms. The predicted molar refractivity (Wildman–Crippen MR) is 201 cm³/mol. The van der Waals surface area contributed by atoms with Gasteiger partial charge in [-0.05, 0) is 111 Å².